The molecule has 0 saturated heterocycles. The Balaban J connectivity index is 1.68. The van der Waals surface area contributed by atoms with Gasteiger partial charge in [0.05, 0.1) is 16.8 Å². The number of benzene rings is 2. The van der Waals surface area contributed by atoms with E-state index in [0.29, 0.717) is 12.2 Å². The van der Waals surface area contributed by atoms with Crippen molar-refractivity contribution in [2.24, 2.45) is 0 Å². The van der Waals surface area contributed by atoms with Gasteiger partial charge in [0.1, 0.15) is 0 Å². The molecule has 0 unspecified atom stereocenters. The number of aromatic nitrogens is 2. The van der Waals surface area contributed by atoms with Gasteiger partial charge in [0.25, 0.3) is 10.0 Å². The van der Waals surface area contributed by atoms with Crippen molar-refractivity contribution in [1.82, 2.24) is 9.78 Å². The van der Waals surface area contributed by atoms with E-state index in [4.69, 9.17) is 0 Å². The molecule has 0 aliphatic heterocycles. The molecule has 5 nitrogen and oxygen atoms in total. The lowest BCUT2D eigenvalue weighted by Crippen LogP contribution is -2.13. The molecule has 0 radical (unpaired) electrons. The van der Waals surface area contributed by atoms with Crippen molar-refractivity contribution in [3.63, 3.8) is 0 Å². The fourth-order valence-corrected chi connectivity index (χ4v) is 3.63. The number of anilines is 1. The first-order valence-corrected chi connectivity index (χ1v) is 9.59. The number of aryl methyl sites for hydroxylation is 4. The molecular weight excluding hydrogens is 334 g/mol. The van der Waals surface area contributed by atoms with Crippen LogP contribution < -0.4 is 4.72 Å². The minimum absolute atomic E-state index is 0.257. The smallest absolute Gasteiger partial charge is 0.262 e. The SMILES string of the molecule is Cc1ccc(S(=O)(=O)Nc2cnn(CCc3ccccc3)c2)cc1C. The second-order valence-corrected chi connectivity index (χ2v) is 7.76. The van der Waals surface area contributed by atoms with Crippen molar-refractivity contribution in [2.45, 2.75) is 31.7 Å². The maximum Gasteiger partial charge on any atom is 0.262 e. The van der Waals surface area contributed by atoms with Crippen molar-refractivity contribution in [3.8, 4) is 0 Å². The van der Waals surface area contributed by atoms with E-state index < -0.39 is 10.0 Å². The van der Waals surface area contributed by atoms with Gasteiger partial charge < -0.3 is 0 Å². The summed E-state index contributed by atoms with van der Waals surface area (Å²) in [7, 11) is -3.61. The summed E-state index contributed by atoms with van der Waals surface area (Å²) in [6, 6.07) is 15.2. The van der Waals surface area contributed by atoms with Crippen LogP contribution >= 0.6 is 0 Å². The van der Waals surface area contributed by atoms with Crippen LogP contribution in [0.25, 0.3) is 0 Å². The molecule has 0 spiro atoms. The molecule has 0 saturated carbocycles. The van der Waals surface area contributed by atoms with Gasteiger partial charge in [-0.05, 0) is 49.1 Å². The average molecular weight is 355 g/mol. The zero-order valence-corrected chi connectivity index (χ0v) is 15.1. The van der Waals surface area contributed by atoms with Gasteiger partial charge in [-0.1, -0.05) is 36.4 Å². The van der Waals surface area contributed by atoms with Crippen LogP contribution in [0.1, 0.15) is 16.7 Å². The van der Waals surface area contributed by atoms with Gasteiger partial charge >= 0.3 is 0 Å². The Morgan fingerprint density at radius 1 is 1.04 bits per heavy atom. The highest BCUT2D eigenvalue weighted by Gasteiger charge is 2.15. The molecule has 0 amide bonds. The van der Waals surface area contributed by atoms with Crippen molar-refractivity contribution >= 4 is 15.7 Å². The molecule has 0 fully saturated rings. The number of hydrogen-bond acceptors (Lipinski definition) is 3. The average Bonchev–Trinajstić information content (AvgIpc) is 3.03. The lowest BCUT2D eigenvalue weighted by Gasteiger charge is -2.08. The first kappa shape index (κ1) is 17.2. The van der Waals surface area contributed by atoms with Crippen molar-refractivity contribution in [1.29, 1.82) is 0 Å². The fourth-order valence-electron chi connectivity index (χ4n) is 2.52. The summed E-state index contributed by atoms with van der Waals surface area (Å²) in [6.45, 7) is 4.54. The predicted molar refractivity (Wildman–Crippen MR) is 99.1 cm³/mol. The molecule has 0 aliphatic rings. The maximum absolute atomic E-state index is 12.5. The van der Waals surface area contributed by atoms with Gasteiger partial charge in [0.15, 0.2) is 0 Å². The fraction of sp³-hybridized carbons (Fsp3) is 0.211. The normalized spacial score (nSPS) is 11.4. The van der Waals surface area contributed by atoms with Crippen LogP contribution in [0.3, 0.4) is 0 Å². The number of nitrogens with zero attached hydrogens (tertiary/aromatic N) is 2. The van der Waals surface area contributed by atoms with E-state index in [-0.39, 0.29) is 4.90 Å². The Bertz CT molecular complexity index is 963. The summed E-state index contributed by atoms with van der Waals surface area (Å²) in [6.07, 6.45) is 4.08. The van der Waals surface area contributed by atoms with Gasteiger partial charge in [0, 0.05) is 12.7 Å². The number of hydrogen-bond donors (Lipinski definition) is 1. The van der Waals surface area contributed by atoms with E-state index >= 15 is 0 Å². The topological polar surface area (TPSA) is 64.0 Å². The molecule has 1 heterocycles. The molecule has 130 valence electrons. The highest BCUT2D eigenvalue weighted by Crippen LogP contribution is 2.18. The third-order valence-corrected chi connectivity index (χ3v) is 5.53. The molecule has 6 heteroatoms. The Hall–Kier alpha value is -2.60. The standard InChI is InChI=1S/C19H21N3O2S/c1-15-8-9-19(12-16(15)2)25(23,24)21-18-13-20-22(14-18)11-10-17-6-4-3-5-7-17/h3-9,12-14,21H,10-11H2,1-2H3. The van der Waals surface area contributed by atoms with Crippen molar-refractivity contribution < 1.29 is 8.42 Å². The van der Waals surface area contributed by atoms with Crippen LogP contribution in [0, 0.1) is 13.8 Å². The van der Waals surface area contributed by atoms with Crippen molar-refractivity contribution in [2.75, 3.05) is 4.72 Å². The molecule has 3 aromatic rings. The van der Waals surface area contributed by atoms with Crippen LogP contribution in [0.4, 0.5) is 5.69 Å². The van der Waals surface area contributed by atoms with Gasteiger partial charge in [-0.3, -0.25) is 9.40 Å². The first-order chi connectivity index (χ1) is 11.9. The van der Waals surface area contributed by atoms with E-state index in [1.54, 1.807) is 23.0 Å². The third-order valence-electron chi connectivity index (χ3n) is 4.15. The summed E-state index contributed by atoms with van der Waals surface area (Å²) in [5.74, 6) is 0. The summed E-state index contributed by atoms with van der Waals surface area (Å²) in [5.41, 5.74) is 3.69. The van der Waals surface area contributed by atoms with Crippen LogP contribution in [0.2, 0.25) is 0 Å². The van der Waals surface area contributed by atoms with E-state index in [9.17, 15) is 8.42 Å². The highest BCUT2D eigenvalue weighted by molar-refractivity contribution is 7.92. The summed E-state index contributed by atoms with van der Waals surface area (Å²) in [5, 5.41) is 4.23. The molecule has 3 rings (SSSR count). The molecule has 25 heavy (non-hydrogen) atoms. The summed E-state index contributed by atoms with van der Waals surface area (Å²) in [4.78, 5) is 0.257. The lowest BCUT2D eigenvalue weighted by atomic mass is 10.1. The molecule has 0 bridgehead atoms. The minimum atomic E-state index is -3.61. The second kappa shape index (κ2) is 7.11. The quantitative estimate of drug-likeness (QED) is 0.735. The molecule has 1 aromatic heterocycles. The largest absolute Gasteiger partial charge is 0.276 e. The highest BCUT2D eigenvalue weighted by atomic mass is 32.2. The van der Waals surface area contributed by atoms with Crippen LogP contribution in [-0.4, -0.2) is 18.2 Å². The van der Waals surface area contributed by atoms with Crippen LogP contribution in [0.15, 0.2) is 65.8 Å². The molecule has 0 aliphatic carbocycles. The zero-order valence-electron chi connectivity index (χ0n) is 14.3. The maximum atomic E-state index is 12.5. The summed E-state index contributed by atoms with van der Waals surface area (Å²) >= 11 is 0. The third kappa shape index (κ3) is 4.28. The Morgan fingerprint density at radius 3 is 2.52 bits per heavy atom. The lowest BCUT2D eigenvalue weighted by molar-refractivity contribution is 0.601. The number of sulfonamides is 1. The number of rotatable bonds is 6. The van der Waals surface area contributed by atoms with Gasteiger partial charge in [-0.15, -0.1) is 0 Å². The van der Waals surface area contributed by atoms with Gasteiger partial charge in [-0.2, -0.15) is 5.10 Å². The molecule has 2 aromatic carbocycles. The van der Waals surface area contributed by atoms with Gasteiger partial charge in [-0.25, -0.2) is 8.42 Å². The predicted octanol–water partition coefficient (Wildman–Crippen LogP) is 3.54. The Labute approximate surface area is 148 Å². The van der Waals surface area contributed by atoms with E-state index in [0.717, 1.165) is 17.5 Å². The van der Waals surface area contributed by atoms with Crippen LogP contribution in [0.5, 0.6) is 0 Å². The monoisotopic (exact) mass is 355 g/mol. The van der Waals surface area contributed by atoms with Crippen molar-refractivity contribution in [3.05, 3.63) is 77.6 Å². The molecule has 0 atom stereocenters. The Morgan fingerprint density at radius 2 is 1.80 bits per heavy atom. The minimum Gasteiger partial charge on any atom is -0.276 e. The van der Waals surface area contributed by atoms with Crippen LogP contribution in [-0.2, 0) is 23.0 Å². The number of nitrogens with one attached hydrogen (secondary N) is 1. The second-order valence-electron chi connectivity index (χ2n) is 6.08. The van der Waals surface area contributed by atoms with Gasteiger partial charge in [0.2, 0.25) is 0 Å². The van der Waals surface area contributed by atoms with E-state index in [1.807, 2.05) is 38.1 Å². The summed E-state index contributed by atoms with van der Waals surface area (Å²) < 4.78 is 29.3. The van der Waals surface area contributed by atoms with E-state index in [1.165, 1.54) is 11.8 Å². The zero-order chi connectivity index (χ0) is 17.9. The first-order valence-electron chi connectivity index (χ1n) is 8.10. The molecular formula is C19H21N3O2S. The Kier molecular flexibility index (Phi) is 4.90. The van der Waals surface area contributed by atoms with E-state index in [2.05, 4.69) is 22.0 Å². The molecule has 1 N–H and O–H groups in total.